The lowest BCUT2D eigenvalue weighted by Crippen LogP contribution is -2.18. The van der Waals surface area contributed by atoms with Gasteiger partial charge in [0.15, 0.2) is 0 Å². The molecule has 0 fully saturated rings. The summed E-state index contributed by atoms with van der Waals surface area (Å²) >= 11 is 0. The lowest BCUT2D eigenvalue weighted by Gasteiger charge is -2.11. The lowest BCUT2D eigenvalue weighted by atomic mass is 9.94. The fourth-order valence-electron chi connectivity index (χ4n) is 1.87. The average Bonchev–Trinajstić information content (AvgIpc) is 2.29. The second-order valence-electron chi connectivity index (χ2n) is 5.32. The summed E-state index contributed by atoms with van der Waals surface area (Å²) in [6.07, 6.45) is 7.38. The molecule has 3 atom stereocenters. The molecule has 0 heterocycles. The van der Waals surface area contributed by atoms with Crippen molar-refractivity contribution in [2.75, 3.05) is 7.05 Å². The first kappa shape index (κ1) is 16.5. The first-order valence-corrected chi connectivity index (χ1v) is 7.05. The van der Waals surface area contributed by atoms with Gasteiger partial charge in [-0.3, -0.25) is 0 Å². The van der Waals surface area contributed by atoms with Gasteiger partial charge in [0.05, 0.1) is 6.04 Å². The van der Waals surface area contributed by atoms with E-state index >= 15 is 0 Å². The Morgan fingerprint density at radius 2 is 1.71 bits per heavy atom. The predicted molar refractivity (Wildman–Crippen MR) is 77.7 cm³/mol. The summed E-state index contributed by atoms with van der Waals surface area (Å²) in [7, 11) is 1.95. The minimum Gasteiger partial charge on any atom is -0.307 e. The Labute approximate surface area is 109 Å². The van der Waals surface area contributed by atoms with Crippen molar-refractivity contribution in [3.63, 3.8) is 0 Å². The second-order valence-corrected chi connectivity index (χ2v) is 5.32. The van der Waals surface area contributed by atoms with Gasteiger partial charge in [-0.15, -0.1) is 5.92 Å². The topological polar surface area (TPSA) is 12.0 Å². The van der Waals surface area contributed by atoms with Crippen molar-refractivity contribution in [2.45, 2.75) is 65.3 Å². The summed E-state index contributed by atoms with van der Waals surface area (Å²) in [5, 5.41) is 3.13. The highest BCUT2D eigenvalue weighted by Gasteiger charge is 2.03. The number of rotatable bonds is 8. The zero-order valence-corrected chi connectivity index (χ0v) is 12.2. The predicted octanol–water partition coefficient (Wildman–Crippen LogP) is 4.04. The third-order valence-electron chi connectivity index (χ3n) is 3.29. The number of hydrogen-bond donors (Lipinski definition) is 1. The summed E-state index contributed by atoms with van der Waals surface area (Å²) in [6.45, 7) is 10.7. The van der Waals surface area contributed by atoms with E-state index < -0.39 is 0 Å². The molecule has 0 aliphatic heterocycles. The van der Waals surface area contributed by atoms with Crippen LogP contribution in [0, 0.1) is 30.6 Å². The molecule has 0 amide bonds. The minimum atomic E-state index is 0.319. The van der Waals surface area contributed by atoms with Gasteiger partial charge in [0, 0.05) is 6.42 Å². The molecule has 0 saturated carbocycles. The quantitative estimate of drug-likeness (QED) is 0.627. The molecule has 0 aliphatic rings. The van der Waals surface area contributed by atoms with E-state index in [1.54, 1.807) is 0 Å². The van der Waals surface area contributed by atoms with Crippen LogP contribution in [0.5, 0.6) is 0 Å². The van der Waals surface area contributed by atoms with Crippen LogP contribution in [-0.4, -0.2) is 13.1 Å². The highest BCUT2D eigenvalue weighted by atomic mass is 14.8. The van der Waals surface area contributed by atoms with Gasteiger partial charge in [-0.05, 0) is 32.2 Å². The van der Waals surface area contributed by atoms with Gasteiger partial charge in [-0.2, -0.15) is 0 Å². The Kier molecular flexibility index (Phi) is 10.4. The van der Waals surface area contributed by atoms with Crippen LogP contribution in [0.15, 0.2) is 0 Å². The molecule has 3 unspecified atom stereocenters. The van der Waals surface area contributed by atoms with Crippen LogP contribution in [-0.2, 0) is 0 Å². The van der Waals surface area contributed by atoms with Crippen molar-refractivity contribution in [3.05, 3.63) is 6.92 Å². The normalized spacial score (nSPS) is 15.8. The van der Waals surface area contributed by atoms with Crippen LogP contribution < -0.4 is 5.32 Å². The van der Waals surface area contributed by atoms with Gasteiger partial charge in [-0.1, -0.05) is 52.4 Å². The molecule has 17 heavy (non-hydrogen) atoms. The molecule has 0 spiro atoms. The second kappa shape index (κ2) is 10.7. The fraction of sp³-hybridized carbons (Fsp3) is 0.812. The van der Waals surface area contributed by atoms with Crippen molar-refractivity contribution in [3.8, 4) is 11.8 Å². The Bertz CT molecular complexity index is 223. The van der Waals surface area contributed by atoms with Crippen molar-refractivity contribution >= 4 is 0 Å². The van der Waals surface area contributed by atoms with E-state index in [2.05, 4.69) is 44.9 Å². The summed E-state index contributed by atoms with van der Waals surface area (Å²) in [6, 6.07) is 0.319. The van der Waals surface area contributed by atoms with E-state index in [4.69, 9.17) is 0 Å². The van der Waals surface area contributed by atoms with Crippen LogP contribution in [0.3, 0.4) is 0 Å². The molecule has 0 aromatic rings. The van der Waals surface area contributed by atoms with Crippen molar-refractivity contribution < 1.29 is 0 Å². The van der Waals surface area contributed by atoms with Crippen LogP contribution >= 0.6 is 0 Å². The first-order valence-electron chi connectivity index (χ1n) is 7.05. The van der Waals surface area contributed by atoms with E-state index in [0.29, 0.717) is 6.04 Å². The largest absolute Gasteiger partial charge is 0.307 e. The molecule has 1 N–H and O–H groups in total. The molecular formula is C16H30N. The van der Waals surface area contributed by atoms with E-state index in [1.807, 2.05) is 7.05 Å². The standard InChI is InChI=1S/C16H30N/c1-6-9-14(2)10-7-11-15(3)12-8-13-16(4)17-5/h14-17H,1,6-7,9-12H2,2-5H3. The van der Waals surface area contributed by atoms with Gasteiger partial charge in [0.2, 0.25) is 0 Å². The minimum absolute atomic E-state index is 0.319. The highest BCUT2D eigenvalue weighted by molar-refractivity contribution is 5.06. The van der Waals surface area contributed by atoms with Gasteiger partial charge in [0.1, 0.15) is 0 Å². The lowest BCUT2D eigenvalue weighted by molar-refractivity contribution is 0.429. The van der Waals surface area contributed by atoms with Crippen LogP contribution in [0.2, 0.25) is 0 Å². The maximum atomic E-state index is 3.91. The van der Waals surface area contributed by atoms with Gasteiger partial charge in [-0.25, -0.2) is 0 Å². The number of nitrogens with one attached hydrogen (secondary N) is 1. The monoisotopic (exact) mass is 236 g/mol. The van der Waals surface area contributed by atoms with E-state index in [0.717, 1.165) is 24.7 Å². The Morgan fingerprint density at radius 1 is 1.06 bits per heavy atom. The molecule has 0 saturated heterocycles. The maximum absolute atomic E-state index is 3.91. The fourth-order valence-corrected chi connectivity index (χ4v) is 1.87. The van der Waals surface area contributed by atoms with Crippen molar-refractivity contribution in [1.82, 2.24) is 5.32 Å². The van der Waals surface area contributed by atoms with Crippen LogP contribution in [0.25, 0.3) is 0 Å². The van der Waals surface area contributed by atoms with E-state index in [-0.39, 0.29) is 0 Å². The molecule has 1 radical (unpaired) electrons. The van der Waals surface area contributed by atoms with Crippen LogP contribution in [0.1, 0.15) is 59.3 Å². The Balaban J connectivity index is 3.58. The van der Waals surface area contributed by atoms with Gasteiger partial charge >= 0.3 is 0 Å². The van der Waals surface area contributed by atoms with E-state index in [9.17, 15) is 0 Å². The average molecular weight is 236 g/mol. The van der Waals surface area contributed by atoms with Crippen molar-refractivity contribution in [2.24, 2.45) is 11.8 Å². The molecule has 1 nitrogen and oxygen atoms in total. The molecule has 0 bridgehead atoms. The van der Waals surface area contributed by atoms with Crippen molar-refractivity contribution in [1.29, 1.82) is 0 Å². The smallest absolute Gasteiger partial charge is 0.0658 e. The summed E-state index contributed by atoms with van der Waals surface area (Å²) in [5.41, 5.74) is 0. The Morgan fingerprint density at radius 3 is 2.29 bits per heavy atom. The zero-order valence-electron chi connectivity index (χ0n) is 12.2. The maximum Gasteiger partial charge on any atom is 0.0658 e. The highest BCUT2D eigenvalue weighted by Crippen LogP contribution is 2.17. The molecular weight excluding hydrogens is 206 g/mol. The van der Waals surface area contributed by atoms with E-state index in [1.165, 1.54) is 25.7 Å². The number of hydrogen-bond acceptors (Lipinski definition) is 1. The van der Waals surface area contributed by atoms with Gasteiger partial charge in [0.25, 0.3) is 0 Å². The molecule has 0 aromatic carbocycles. The summed E-state index contributed by atoms with van der Waals surface area (Å²) in [5.74, 6) is 8.07. The molecule has 0 aromatic heterocycles. The summed E-state index contributed by atoms with van der Waals surface area (Å²) in [4.78, 5) is 0. The first-order chi connectivity index (χ1) is 8.10. The third-order valence-corrected chi connectivity index (χ3v) is 3.29. The van der Waals surface area contributed by atoms with Gasteiger partial charge < -0.3 is 5.32 Å². The zero-order chi connectivity index (χ0) is 13.1. The molecule has 99 valence electrons. The molecule has 1 heteroatoms. The Hall–Kier alpha value is -0.480. The SMILES string of the molecule is [CH2]CCC(C)CCCC(C)CC#CC(C)NC. The third kappa shape index (κ3) is 10.4. The molecule has 0 rings (SSSR count). The van der Waals surface area contributed by atoms with Crippen LogP contribution in [0.4, 0.5) is 0 Å². The summed E-state index contributed by atoms with van der Waals surface area (Å²) < 4.78 is 0. The molecule has 0 aliphatic carbocycles.